The number of aliphatic hydroxyl groups excluding tert-OH is 1. The largest absolute Gasteiger partial charge is 0.507 e. The molecule has 0 bridgehead atoms. The predicted octanol–water partition coefficient (Wildman–Crippen LogP) is 5.06. The van der Waals surface area contributed by atoms with Crippen LogP contribution in [0.3, 0.4) is 0 Å². The molecule has 5 rings (SSSR count). The molecule has 1 saturated heterocycles. The molecule has 2 aromatic carbocycles. The van der Waals surface area contributed by atoms with Gasteiger partial charge in [-0.1, -0.05) is 32.0 Å². The molecule has 0 aliphatic carbocycles. The quantitative estimate of drug-likeness (QED) is 0.278. The lowest BCUT2D eigenvalue weighted by atomic mass is 9.94. The number of benzene rings is 2. The zero-order valence-corrected chi connectivity index (χ0v) is 21.0. The number of hydrogen-bond donors (Lipinski definition) is 1. The number of amides is 1. The number of fused-ring (bicyclic) bond motifs is 1. The Labute approximate surface area is 216 Å². The predicted molar refractivity (Wildman–Crippen MR) is 139 cm³/mol. The number of likely N-dealkylation sites (tertiary alicyclic amines) is 1. The van der Waals surface area contributed by atoms with Crippen LogP contribution in [0.4, 0.5) is 0 Å². The molecule has 2 aliphatic rings. The molecule has 7 heteroatoms. The second-order valence-electron chi connectivity index (χ2n) is 9.80. The summed E-state index contributed by atoms with van der Waals surface area (Å²) in [5.41, 5.74) is 2.83. The van der Waals surface area contributed by atoms with E-state index >= 15 is 0 Å². The van der Waals surface area contributed by atoms with Gasteiger partial charge in [-0.3, -0.25) is 14.6 Å². The van der Waals surface area contributed by atoms with Crippen LogP contribution in [0.25, 0.3) is 5.76 Å². The lowest BCUT2D eigenvalue weighted by Gasteiger charge is -2.25. The van der Waals surface area contributed by atoms with Gasteiger partial charge < -0.3 is 19.5 Å². The summed E-state index contributed by atoms with van der Waals surface area (Å²) in [5.74, 6) is 0.165. The summed E-state index contributed by atoms with van der Waals surface area (Å²) in [6.07, 6.45) is 3.36. The van der Waals surface area contributed by atoms with Crippen molar-refractivity contribution in [1.29, 1.82) is 0 Å². The Kier molecular flexibility index (Phi) is 6.95. The first kappa shape index (κ1) is 24.6. The van der Waals surface area contributed by atoms with Crippen molar-refractivity contribution in [1.82, 2.24) is 9.88 Å². The van der Waals surface area contributed by atoms with Gasteiger partial charge >= 0.3 is 0 Å². The van der Waals surface area contributed by atoms with Crippen LogP contribution in [-0.2, 0) is 22.6 Å². The minimum atomic E-state index is -0.795. The Morgan fingerprint density at radius 3 is 2.78 bits per heavy atom. The van der Waals surface area contributed by atoms with Crippen LogP contribution < -0.4 is 9.47 Å². The molecule has 190 valence electrons. The Bertz CT molecular complexity index is 1350. The number of Topliss-reactive ketones (excluding diaryl/α,β-unsaturated/α-hetero) is 1. The zero-order chi connectivity index (χ0) is 25.9. The van der Waals surface area contributed by atoms with Crippen LogP contribution in [-0.4, -0.2) is 39.9 Å². The molecule has 1 N–H and O–H groups in total. The third-order valence-electron chi connectivity index (χ3n) is 6.54. The van der Waals surface area contributed by atoms with Gasteiger partial charge in [-0.15, -0.1) is 0 Å². The molecule has 0 saturated carbocycles. The molecular formula is C30H30N2O5. The van der Waals surface area contributed by atoms with Crippen molar-refractivity contribution in [2.45, 2.75) is 39.3 Å². The van der Waals surface area contributed by atoms with Crippen molar-refractivity contribution in [2.24, 2.45) is 5.92 Å². The number of aromatic nitrogens is 1. The molecule has 0 spiro atoms. The first-order valence-electron chi connectivity index (χ1n) is 12.6. The third kappa shape index (κ3) is 5.07. The van der Waals surface area contributed by atoms with Gasteiger partial charge in [-0.05, 0) is 72.4 Å². The molecule has 1 atom stereocenters. The number of carbonyl (C=O) groups is 2. The van der Waals surface area contributed by atoms with Gasteiger partial charge in [0, 0.05) is 11.8 Å². The van der Waals surface area contributed by atoms with Gasteiger partial charge in [0.05, 0.1) is 37.1 Å². The fourth-order valence-corrected chi connectivity index (χ4v) is 4.76. The first-order valence-corrected chi connectivity index (χ1v) is 12.6. The van der Waals surface area contributed by atoms with E-state index in [1.165, 1.54) is 4.90 Å². The minimum absolute atomic E-state index is 0.0543. The maximum Gasteiger partial charge on any atom is 0.296 e. The maximum atomic E-state index is 13.4. The molecule has 1 fully saturated rings. The van der Waals surface area contributed by atoms with Crippen LogP contribution >= 0.6 is 0 Å². The van der Waals surface area contributed by atoms with E-state index in [9.17, 15) is 14.7 Å². The number of hydrogen-bond acceptors (Lipinski definition) is 6. The monoisotopic (exact) mass is 498 g/mol. The number of pyridine rings is 1. The number of ether oxygens (including phenoxy) is 2. The van der Waals surface area contributed by atoms with Gasteiger partial charge in [-0.2, -0.15) is 0 Å². The molecule has 1 aromatic heterocycles. The van der Waals surface area contributed by atoms with Crippen LogP contribution in [0.15, 0.2) is 72.4 Å². The fourth-order valence-electron chi connectivity index (χ4n) is 4.76. The van der Waals surface area contributed by atoms with Gasteiger partial charge in [0.15, 0.2) is 0 Å². The van der Waals surface area contributed by atoms with Gasteiger partial charge in [0.25, 0.3) is 11.7 Å². The molecule has 2 aliphatic heterocycles. The van der Waals surface area contributed by atoms with Gasteiger partial charge in [-0.25, -0.2) is 0 Å². The zero-order valence-electron chi connectivity index (χ0n) is 21.0. The number of aliphatic hydroxyl groups is 1. The summed E-state index contributed by atoms with van der Waals surface area (Å²) in [6, 6.07) is 17.4. The molecule has 0 radical (unpaired) electrons. The normalized spacial score (nSPS) is 18.6. The lowest BCUT2D eigenvalue weighted by Crippen LogP contribution is -2.29. The first-order chi connectivity index (χ1) is 17.9. The molecular weight excluding hydrogens is 468 g/mol. The molecule has 7 nitrogen and oxygen atoms in total. The van der Waals surface area contributed by atoms with Crippen molar-refractivity contribution in [3.05, 3.63) is 94.8 Å². The molecule has 37 heavy (non-hydrogen) atoms. The van der Waals surface area contributed by atoms with Crippen molar-refractivity contribution < 1.29 is 24.2 Å². The van der Waals surface area contributed by atoms with E-state index in [1.807, 2.05) is 48.5 Å². The van der Waals surface area contributed by atoms with E-state index in [4.69, 9.17) is 9.47 Å². The van der Waals surface area contributed by atoms with Crippen LogP contribution in [0.1, 0.15) is 48.7 Å². The smallest absolute Gasteiger partial charge is 0.296 e. The average Bonchev–Trinajstić information content (AvgIpc) is 3.17. The fraction of sp³-hybridized carbons (Fsp3) is 0.300. The second-order valence-corrected chi connectivity index (χ2v) is 9.80. The van der Waals surface area contributed by atoms with Crippen LogP contribution in [0, 0.1) is 5.92 Å². The molecule has 3 heterocycles. The van der Waals surface area contributed by atoms with E-state index in [-0.39, 0.29) is 17.9 Å². The van der Waals surface area contributed by atoms with Crippen LogP contribution in [0.2, 0.25) is 0 Å². The molecule has 1 unspecified atom stereocenters. The SMILES string of the molecule is CC(C)COc1cccc(C2/C(=C(/O)c3ccc4c(c3)CCCO4)C(=O)C(=O)N2Cc2ccccn2)c1. The summed E-state index contributed by atoms with van der Waals surface area (Å²) >= 11 is 0. The minimum Gasteiger partial charge on any atom is -0.507 e. The third-order valence-corrected chi connectivity index (χ3v) is 6.54. The Balaban J connectivity index is 1.60. The van der Waals surface area contributed by atoms with Crippen molar-refractivity contribution >= 4 is 17.4 Å². The Morgan fingerprint density at radius 1 is 1.14 bits per heavy atom. The molecule has 3 aromatic rings. The summed E-state index contributed by atoms with van der Waals surface area (Å²) in [4.78, 5) is 32.6. The second kappa shape index (κ2) is 10.5. The maximum absolute atomic E-state index is 13.4. The number of nitrogens with zero attached hydrogens (tertiary/aromatic N) is 2. The highest BCUT2D eigenvalue weighted by molar-refractivity contribution is 6.46. The summed E-state index contributed by atoms with van der Waals surface area (Å²) in [6.45, 7) is 5.45. The number of carbonyl (C=O) groups excluding carboxylic acids is 2. The number of rotatable bonds is 7. The van der Waals surface area contributed by atoms with Crippen molar-refractivity contribution in [3.63, 3.8) is 0 Å². The van der Waals surface area contributed by atoms with Crippen molar-refractivity contribution in [3.8, 4) is 11.5 Å². The number of aryl methyl sites for hydroxylation is 1. The lowest BCUT2D eigenvalue weighted by molar-refractivity contribution is -0.140. The Morgan fingerprint density at radius 2 is 2.00 bits per heavy atom. The van der Waals surface area contributed by atoms with E-state index < -0.39 is 17.7 Å². The summed E-state index contributed by atoms with van der Waals surface area (Å²) in [7, 11) is 0. The highest BCUT2D eigenvalue weighted by Gasteiger charge is 2.46. The van der Waals surface area contributed by atoms with E-state index in [1.54, 1.807) is 18.3 Å². The topological polar surface area (TPSA) is 89.0 Å². The van der Waals surface area contributed by atoms with E-state index in [0.29, 0.717) is 41.7 Å². The number of ketones is 1. The summed E-state index contributed by atoms with van der Waals surface area (Å²) in [5, 5.41) is 11.5. The van der Waals surface area contributed by atoms with E-state index in [2.05, 4.69) is 18.8 Å². The van der Waals surface area contributed by atoms with Crippen LogP contribution in [0.5, 0.6) is 11.5 Å². The highest BCUT2D eigenvalue weighted by Crippen LogP contribution is 2.41. The average molecular weight is 499 g/mol. The standard InChI is InChI=1S/C30H30N2O5/c1-19(2)18-37-24-10-5-7-21(16-24)27-26(28(33)22-11-12-25-20(15-22)8-6-14-36-25)29(34)30(35)32(27)17-23-9-3-4-13-31-23/h3-5,7,9-13,15-16,19,27,33H,6,8,14,17-18H2,1-2H3/b28-26-. The highest BCUT2D eigenvalue weighted by atomic mass is 16.5. The Hall–Kier alpha value is -4.13. The van der Waals surface area contributed by atoms with E-state index in [0.717, 1.165) is 24.2 Å². The van der Waals surface area contributed by atoms with Gasteiger partial charge in [0.2, 0.25) is 0 Å². The molecule has 1 amide bonds. The summed E-state index contributed by atoms with van der Waals surface area (Å²) < 4.78 is 11.6. The van der Waals surface area contributed by atoms with Crippen molar-refractivity contribution in [2.75, 3.05) is 13.2 Å². The van der Waals surface area contributed by atoms with Gasteiger partial charge in [0.1, 0.15) is 17.3 Å².